The molecule has 8 nitrogen and oxygen atoms in total. The van der Waals surface area contributed by atoms with Gasteiger partial charge in [0, 0.05) is 24.2 Å². The lowest BCUT2D eigenvalue weighted by atomic mass is 9.71. The van der Waals surface area contributed by atoms with Gasteiger partial charge < -0.3 is 24.8 Å². The van der Waals surface area contributed by atoms with Crippen molar-refractivity contribution in [1.82, 2.24) is 10.2 Å². The molecule has 1 amide bonds. The number of methoxy groups -OCH3 is 1. The summed E-state index contributed by atoms with van der Waals surface area (Å²) < 4.78 is 11.6. The summed E-state index contributed by atoms with van der Waals surface area (Å²) in [4.78, 5) is 30.4. The molecular formula is C30H39N3O5. The number of hydrogen-bond acceptors (Lipinski definition) is 5. The van der Waals surface area contributed by atoms with Crippen molar-refractivity contribution in [2.75, 3.05) is 20.3 Å². The third-order valence-corrected chi connectivity index (χ3v) is 7.70. The molecule has 2 N–H and O–H groups in total. The minimum Gasteiger partial charge on any atom is -0.497 e. The number of aliphatic carboxylic acids is 1. The Morgan fingerprint density at radius 2 is 1.82 bits per heavy atom. The van der Waals surface area contributed by atoms with Crippen LogP contribution in [0.3, 0.4) is 0 Å². The van der Waals surface area contributed by atoms with Gasteiger partial charge in [-0.25, -0.2) is 0 Å². The number of carboxylic acids is 1. The number of rotatable bonds is 8. The zero-order valence-corrected chi connectivity index (χ0v) is 22.8. The zero-order valence-electron chi connectivity index (χ0n) is 22.8. The summed E-state index contributed by atoms with van der Waals surface area (Å²) in [6.07, 6.45) is 4.37. The van der Waals surface area contributed by atoms with Crippen LogP contribution in [0.4, 0.5) is 5.69 Å². The van der Waals surface area contributed by atoms with Gasteiger partial charge in [0.1, 0.15) is 12.4 Å². The van der Waals surface area contributed by atoms with E-state index in [4.69, 9.17) is 19.6 Å². The molecule has 2 aromatic rings. The van der Waals surface area contributed by atoms with Crippen LogP contribution in [-0.4, -0.2) is 54.2 Å². The van der Waals surface area contributed by atoms with Crippen molar-refractivity contribution < 1.29 is 24.2 Å². The summed E-state index contributed by atoms with van der Waals surface area (Å²) in [6, 6.07) is 16.1. The molecule has 1 atom stereocenters. The number of aliphatic imine (C=N–C) groups is 1. The van der Waals surface area contributed by atoms with Gasteiger partial charge in [0.15, 0.2) is 0 Å². The van der Waals surface area contributed by atoms with Gasteiger partial charge in [-0.2, -0.15) is 4.99 Å². The van der Waals surface area contributed by atoms with Gasteiger partial charge in [-0.05, 0) is 66.8 Å². The predicted molar refractivity (Wildman–Crippen MR) is 147 cm³/mol. The first-order chi connectivity index (χ1) is 18.2. The molecule has 1 saturated heterocycles. The fourth-order valence-corrected chi connectivity index (χ4v) is 5.45. The molecule has 0 spiro atoms. The lowest BCUT2D eigenvalue weighted by molar-refractivity contribution is -0.136. The van der Waals surface area contributed by atoms with Gasteiger partial charge in [0.25, 0.3) is 11.9 Å². The molecular weight excluding hydrogens is 482 g/mol. The molecule has 1 aliphatic heterocycles. The second kappa shape index (κ2) is 11.9. The maximum Gasteiger partial charge on any atom is 0.305 e. The van der Waals surface area contributed by atoms with Crippen molar-refractivity contribution in [3.05, 3.63) is 59.7 Å². The van der Waals surface area contributed by atoms with Crippen LogP contribution < -0.4 is 10.1 Å². The van der Waals surface area contributed by atoms with Crippen LogP contribution >= 0.6 is 0 Å². The Kier molecular flexibility index (Phi) is 8.59. The van der Waals surface area contributed by atoms with Crippen molar-refractivity contribution >= 4 is 23.6 Å². The Bertz CT molecular complexity index is 1150. The number of amidine groups is 1. The summed E-state index contributed by atoms with van der Waals surface area (Å²) in [5, 5.41) is 11.5. The number of amides is 1. The highest BCUT2D eigenvalue weighted by molar-refractivity contribution is 5.94. The Labute approximate surface area is 225 Å². The summed E-state index contributed by atoms with van der Waals surface area (Å²) >= 11 is 0. The van der Waals surface area contributed by atoms with Crippen LogP contribution in [-0.2, 0) is 9.53 Å². The number of nitrogens with zero attached hydrogens (tertiary/aromatic N) is 2. The molecule has 1 heterocycles. The van der Waals surface area contributed by atoms with E-state index < -0.39 is 5.97 Å². The van der Waals surface area contributed by atoms with Crippen molar-refractivity contribution in [3.8, 4) is 5.75 Å². The summed E-state index contributed by atoms with van der Waals surface area (Å²) in [6.45, 7) is 7.56. The molecule has 0 radical (unpaired) electrons. The molecule has 204 valence electrons. The molecule has 8 heteroatoms. The van der Waals surface area contributed by atoms with Gasteiger partial charge in [-0.15, -0.1) is 0 Å². The normalized spacial score (nSPS) is 22.7. The summed E-state index contributed by atoms with van der Waals surface area (Å²) in [7, 11) is 1.64. The fraction of sp³-hybridized carbons (Fsp3) is 0.500. The average molecular weight is 522 g/mol. The van der Waals surface area contributed by atoms with Gasteiger partial charge in [-0.3, -0.25) is 9.59 Å². The second-order valence-corrected chi connectivity index (χ2v) is 11.2. The van der Waals surface area contributed by atoms with E-state index in [-0.39, 0.29) is 24.9 Å². The van der Waals surface area contributed by atoms with Crippen molar-refractivity contribution in [1.29, 1.82) is 0 Å². The van der Waals surface area contributed by atoms with E-state index >= 15 is 0 Å². The summed E-state index contributed by atoms with van der Waals surface area (Å²) in [5.41, 5.74) is 2.63. The van der Waals surface area contributed by atoms with E-state index in [9.17, 15) is 9.59 Å². The molecule has 2 fully saturated rings. The number of benzene rings is 2. The Hall–Kier alpha value is -3.55. The molecule has 4 rings (SSSR count). The monoisotopic (exact) mass is 521 g/mol. The average Bonchev–Trinajstić information content (AvgIpc) is 3.31. The van der Waals surface area contributed by atoms with Crippen LogP contribution in [0, 0.1) is 11.3 Å². The minimum absolute atomic E-state index is 0.0142. The van der Waals surface area contributed by atoms with E-state index in [0.717, 1.165) is 29.8 Å². The maximum atomic E-state index is 12.4. The minimum atomic E-state index is -0.940. The number of hydrogen-bond donors (Lipinski definition) is 2. The van der Waals surface area contributed by atoms with Crippen molar-refractivity contribution in [3.63, 3.8) is 0 Å². The van der Waals surface area contributed by atoms with Crippen LogP contribution in [0.25, 0.3) is 0 Å². The zero-order chi connectivity index (χ0) is 27.3. The first-order valence-electron chi connectivity index (χ1n) is 13.4. The van der Waals surface area contributed by atoms with Gasteiger partial charge in [0.05, 0.1) is 25.3 Å². The topological polar surface area (TPSA) is 100 Å². The standard InChI is InChI=1S/C30H39N3O5/c1-30(2,3)22-12-14-24(15-13-22)33-26(19-38-29(33)32-23-6-5-7-25(18-23)37-4)20-8-10-21(11-9-20)28(36)31-17-16-27(34)35/h5-11,18,22,24,26H,12-17,19H2,1-4H3,(H,31,36)(H,34,35). The summed E-state index contributed by atoms with van der Waals surface area (Å²) in [5.74, 6) is 0.220. The van der Waals surface area contributed by atoms with E-state index in [1.54, 1.807) is 19.2 Å². The van der Waals surface area contributed by atoms with Gasteiger partial charge in [0.2, 0.25) is 0 Å². The van der Waals surface area contributed by atoms with Gasteiger partial charge in [-0.1, -0.05) is 39.0 Å². The predicted octanol–water partition coefficient (Wildman–Crippen LogP) is 5.57. The second-order valence-electron chi connectivity index (χ2n) is 11.2. The molecule has 2 aromatic carbocycles. The van der Waals surface area contributed by atoms with Crippen LogP contribution in [0.2, 0.25) is 0 Å². The van der Waals surface area contributed by atoms with E-state index in [0.29, 0.717) is 35.6 Å². The van der Waals surface area contributed by atoms with E-state index in [2.05, 4.69) is 31.0 Å². The third-order valence-electron chi connectivity index (χ3n) is 7.70. The number of carbonyl (C=O) groups excluding carboxylic acids is 1. The smallest absolute Gasteiger partial charge is 0.305 e. The van der Waals surface area contributed by atoms with Crippen LogP contribution in [0.15, 0.2) is 53.5 Å². The number of nitrogens with one attached hydrogen (secondary N) is 1. The first-order valence-corrected chi connectivity index (χ1v) is 13.4. The van der Waals surface area contributed by atoms with Crippen molar-refractivity contribution in [2.45, 2.75) is 65.0 Å². The Morgan fingerprint density at radius 3 is 2.45 bits per heavy atom. The van der Waals surface area contributed by atoms with Crippen molar-refractivity contribution in [2.24, 2.45) is 16.3 Å². The highest BCUT2D eigenvalue weighted by Crippen LogP contribution is 2.42. The van der Waals surface area contributed by atoms with E-state index in [1.165, 1.54) is 12.8 Å². The van der Waals surface area contributed by atoms with Crippen LogP contribution in [0.5, 0.6) is 5.75 Å². The highest BCUT2D eigenvalue weighted by Gasteiger charge is 2.40. The molecule has 38 heavy (non-hydrogen) atoms. The quantitative estimate of drug-likeness (QED) is 0.471. The van der Waals surface area contributed by atoms with Gasteiger partial charge >= 0.3 is 5.97 Å². The first kappa shape index (κ1) is 27.5. The lowest BCUT2D eigenvalue weighted by Gasteiger charge is -2.41. The largest absolute Gasteiger partial charge is 0.497 e. The maximum absolute atomic E-state index is 12.4. The SMILES string of the molecule is COc1cccc(N=C2OCC(c3ccc(C(=O)NCCC(=O)O)cc3)N2C2CCC(C(C)(C)C)CC2)c1. The fourth-order valence-electron chi connectivity index (χ4n) is 5.45. The highest BCUT2D eigenvalue weighted by atomic mass is 16.5. The number of ether oxygens (including phenoxy) is 2. The van der Waals surface area contributed by atoms with E-state index in [1.807, 2.05) is 36.4 Å². The Morgan fingerprint density at radius 1 is 1.11 bits per heavy atom. The molecule has 1 unspecified atom stereocenters. The molecule has 1 aliphatic carbocycles. The number of carbonyl (C=O) groups is 2. The molecule has 1 saturated carbocycles. The molecule has 0 aromatic heterocycles. The Balaban J connectivity index is 1.56. The molecule has 0 bridgehead atoms. The number of carboxylic acid groups (broad SMARTS) is 1. The lowest BCUT2D eigenvalue weighted by Crippen LogP contribution is -2.42. The molecule has 2 aliphatic rings. The third kappa shape index (κ3) is 6.65. The van der Waals surface area contributed by atoms with Crippen LogP contribution in [0.1, 0.15) is 74.8 Å².